The molecule has 0 bridgehead atoms. The standard InChI is InChI=1S/C24H28N2OS2.2ClH/c1-27-24-8-3-2-7-23(24)26-14-12-25(13-15-26)11-5-4-6-22(20-9-16-28-18-20)21-10-17-29-19-21;;/h2-3,6-10,16-19H,4-5,11-15H2,1H3;2*1H. The van der Waals surface area contributed by atoms with Crippen LogP contribution < -0.4 is 39.4 Å². The summed E-state index contributed by atoms with van der Waals surface area (Å²) in [5.41, 5.74) is 5.42. The van der Waals surface area contributed by atoms with Crippen molar-refractivity contribution in [2.45, 2.75) is 12.8 Å². The van der Waals surface area contributed by atoms with Crippen molar-refractivity contribution in [2.24, 2.45) is 0 Å². The first-order valence-electron chi connectivity index (χ1n) is 10.4. The number of ether oxygens (including phenoxy) is 1. The summed E-state index contributed by atoms with van der Waals surface area (Å²) < 4.78 is 5.56. The summed E-state index contributed by atoms with van der Waals surface area (Å²) in [4.78, 5) is 3.30. The van der Waals surface area contributed by atoms with Gasteiger partial charge in [-0.25, -0.2) is 0 Å². The van der Waals surface area contributed by atoms with Gasteiger partial charge in [-0.2, -0.15) is 22.7 Å². The van der Waals surface area contributed by atoms with Gasteiger partial charge < -0.3 is 34.5 Å². The van der Waals surface area contributed by atoms with E-state index in [1.807, 2.05) is 0 Å². The molecule has 0 amide bonds. The van der Waals surface area contributed by atoms with Crippen LogP contribution in [0.4, 0.5) is 5.69 Å². The number of para-hydroxylation sites is 2. The van der Waals surface area contributed by atoms with E-state index < -0.39 is 0 Å². The first kappa shape index (κ1) is 25.9. The monoisotopic (exact) mass is 496 g/mol. The second kappa shape index (κ2) is 13.3. The van der Waals surface area contributed by atoms with Crippen molar-refractivity contribution in [3.63, 3.8) is 0 Å². The van der Waals surface area contributed by atoms with Crippen LogP contribution in [0.2, 0.25) is 0 Å². The largest absolute Gasteiger partial charge is 1.00 e. The zero-order valence-electron chi connectivity index (χ0n) is 17.8. The average Bonchev–Trinajstić information content (AvgIpc) is 3.49. The predicted molar refractivity (Wildman–Crippen MR) is 124 cm³/mol. The number of methoxy groups -OCH3 is 1. The second-order valence-corrected chi connectivity index (χ2v) is 9.15. The molecule has 0 unspecified atom stereocenters. The van der Waals surface area contributed by atoms with Crippen LogP contribution in [0.15, 0.2) is 64.0 Å². The lowest BCUT2D eigenvalue weighted by Crippen LogP contribution is -3.26. The number of unbranched alkanes of at least 4 members (excludes halogenated alkanes) is 1. The van der Waals surface area contributed by atoms with Crippen molar-refractivity contribution in [2.75, 3.05) is 39.8 Å². The molecular formula is C24H30Cl2N2OS2. The second-order valence-electron chi connectivity index (χ2n) is 7.59. The van der Waals surface area contributed by atoms with Gasteiger partial charge in [-0.15, -0.1) is 0 Å². The van der Waals surface area contributed by atoms with E-state index in [1.54, 1.807) is 39.6 Å². The Bertz CT molecular complexity index is 869. The third kappa shape index (κ3) is 6.82. The summed E-state index contributed by atoms with van der Waals surface area (Å²) in [6.45, 7) is 6.09. The van der Waals surface area contributed by atoms with Gasteiger partial charge >= 0.3 is 0 Å². The molecule has 0 aliphatic carbocycles. The fourth-order valence-electron chi connectivity index (χ4n) is 4.20. The molecule has 2 aromatic heterocycles. The topological polar surface area (TPSA) is 18.1 Å². The Morgan fingerprint density at radius 3 is 2.16 bits per heavy atom. The van der Waals surface area contributed by atoms with Crippen LogP contribution in [0, 0.1) is 0 Å². The van der Waals surface area contributed by atoms with Crippen LogP contribution in [-0.2, 0) is 0 Å². The zero-order valence-corrected chi connectivity index (χ0v) is 20.9. The molecule has 1 saturated heterocycles. The van der Waals surface area contributed by atoms with E-state index in [1.165, 1.54) is 61.5 Å². The highest BCUT2D eigenvalue weighted by molar-refractivity contribution is 7.08. The smallest absolute Gasteiger partial charge is 0.179 e. The minimum Gasteiger partial charge on any atom is -1.00 e. The van der Waals surface area contributed by atoms with Crippen LogP contribution in [-0.4, -0.2) is 39.8 Å². The normalized spacial score (nSPS) is 17.8. The Hall–Kier alpha value is -1.34. The third-order valence-corrected chi connectivity index (χ3v) is 7.16. The van der Waals surface area contributed by atoms with Crippen molar-refractivity contribution in [1.29, 1.82) is 0 Å². The minimum atomic E-state index is 0. The first-order valence-corrected chi connectivity index (χ1v) is 12.3. The molecule has 3 nitrogen and oxygen atoms in total. The van der Waals surface area contributed by atoms with Gasteiger partial charge in [0.25, 0.3) is 0 Å². The molecule has 1 aliphatic rings. The molecule has 31 heavy (non-hydrogen) atoms. The Labute approximate surface area is 206 Å². The molecule has 7 heteroatoms. The third-order valence-electron chi connectivity index (χ3n) is 5.80. The van der Waals surface area contributed by atoms with Crippen LogP contribution in [0.3, 0.4) is 0 Å². The highest BCUT2D eigenvalue weighted by atomic mass is 35.5. The molecule has 4 rings (SSSR count). The van der Waals surface area contributed by atoms with E-state index in [0.717, 1.165) is 12.2 Å². The Kier molecular flexibility index (Phi) is 11.1. The summed E-state index contributed by atoms with van der Waals surface area (Å²) in [6.07, 6.45) is 4.84. The number of quaternary nitrogens is 2. The Morgan fingerprint density at radius 1 is 0.935 bits per heavy atom. The lowest BCUT2D eigenvalue weighted by molar-refractivity contribution is -0.986. The molecule has 2 N–H and O–H groups in total. The molecular weight excluding hydrogens is 467 g/mol. The SMILES string of the molecule is COc1ccccc1[NH+]1CC[NH+](CCCC=C(c2ccsc2)c2ccsc2)CC1.[Cl-].[Cl-]. The molecule has 0 radical (unpaired) electrons. The summed E-state index contributed by atoms with van der Waals surface area (Å²) in [5, 5.41) is 8.86. The number of hydrogen-bond acceptors (Lipinski definition) is 3. The zero-order chi connectivity index (χ0) is 19.9. The van der Waals surface area contributed by atoms with Crippen LogP contribution >= 0.6 is 22.7 Å². The van der Waals surface area contributed by atoms with Crippen molar-refractivity contribution in [3.05, 3.63) is 75.1 Å². The van der Waals surface area contributed by atoms with Crippen molar-refractivity contribution in [1.82, 2.24) is 0 Å². The highest BCUT2D eigenvalue weighted by Crippen LogP contribution is 2.27. The first-order chi connectivity index (χ1) is 14.3. The van der Waals surface area contributed by atoms with E-state index in [9.17, 15) is 0 Å². The fraction of sp³-hybridized carbons (Fsp3) is 0.333. The number of hydrogen-bond donors (Lipinski definition) is 2. The molecule has 3 aromatic rings. The van der Waals surface area contributed by atoms with Crippen molar-refractivity contribution >= 4 is 33.9 Å². The van der Waals surface area contributed by atoms with Crippen LogP contribution in [0.5, 0.6) is 5.75 Å². The maximum absolute atomic E-state index is 5.56. The lowest BCUT2D eigenvalue weighted by atomic mass is 10.0. The number of rotatable bonds is 8. The van der Waals surface area contributed by atoms with Crippen LogP contribution in [0.1, 0.15) is 24.0 Å². The number of piperazine rings is 1. The van der Waals surface area contributed by atoms with E-state index in [0.29, 0.717) is 0 Å². The highest BCUT2D eigenvalue weighted by Gasteiger charge is 2.26. The number of thiophene rings is 2. The summed E-state index contributed by atoms with van der Waals surface area (Å²) >= 11 is 3.55. The van der Waals surface area contributed by atoms with Crippen molar-refractivity contribution < 1.29 is 39.4 Å². The summed E-state index contributed by atoms with van der Waals surface area (Å²) in [7, 11) is 1.77. The van der Waals surface area contributed by atoms with Gasteiger partial charge in [-0.05, 0) is 69.3 Å². The lowest BCUT2D eigenvalue weighted by Gasteiger charge is -2.30. The molecule has 3 heterocycles. The van der Waals surface area contributed by atoms with Gasteiger partial charge in [0.2, 0.25) is 0 Å². The molecule has 0 atom stereocenters. The van der Waals surface area contributed by atoms with Crippen molar-refractivity contribution in [3.8, 4) is 5.75 Å². The number of allylic oxidation sites excluding steroid dienone is 1. The minimum absolute atomic E-state index is 0. The van der Waals surface area contributed by atoms with Gasteiger partial charge in [0.1, 0.15) is 26.2 Å². The van der Waals surface area contributed by atoms with Gasteiger partial charge in [-0.1, -0.05) is 18.2 Å². The van der Waals surface area contributed by atoms with E-state index in [4.69, 9.17) is 4.74 Å². The number of nitrogens with one attached hydrogen (secondary N) is 2. The van der Waals surface area contributed by atoms with E-state index in [2.05, 4.69) is 64.0 Å². The Balaban J connectivity index is 0.00000171. The molecule has 1 aliphatic heterocycles. The molecule has 0 saturated carbocycles. The summed E-state index contributed by atoms with van der Waals surface area (Å²) in [5.74, 6) is 1.02. The van der Waals surface area contributed by atoms with E-state index >= 15 is 0 Å². The molecule has 168 valence electrons. The quantitative estimate of drug-likeness (QED) is 0.321. The average molecular weight is 498 g/mol. The molecule has 0 spiro atoms. The van der Waals surface area contributed by atoms with Gasteiger partial charge in [0.05, 0.1) is 13.7 Å². The molecule has 1 aromatic carbocycles. The maximum Gasteiger partial charge on any atom is 0.179 e. The van der Waals surface area contributed by atoms with Gasteiger partial charge in [-0.3, -0.25) is 4.90 Å². The van der Waals surface area contributed by atoms with Gasteiger partial charge in [0, 0.05) is 6.07 Å². The predicted octanol–water partition coefficient (Wildman–Crippen LogP) is -2.85. The van der Waals surface area contributed by atoms with E-state index in [-0.39, 0.29) is 24.8 Å². The molecule has 1 fully saturated rings. The Morgan fingerprint density at radius 2 is 1.58 bits per heavy atom. The fourth-order valence-corrected chi connectivity index (χ4v) is 5.51. The summed E-state index contributed by atoms with van der Waals surface area (Å²) in [6, 6.07) is 12.9. The van der Waals surface area contributed by atoms with Gasteiger partial charge in [0.15, 0.2) is 11.4 Å². The van der Waals surface area contributed by atoms with Crippen LogP contribution in [0.25, 0.3) is 5.57 Å². The number of benzene rings is 1. The maximum atomic E-state index is 5.56. The number of halogens is 2.